The highest BCUT2D eigenvalue weighted by Gasteiger charge is 2.08. The standard InChI is InChI=1S/C24H21BrN2O4/c1-16-6-9-22(12-17(16)2)30-15-23(28)27-26-14-18-7-10-21(11-8-18)31-24(29)19-4-3-5-20(25)13-19/h3-14H,15H2,1-2H3,(H,27,28). The highest BCUT2D eigenvalue weighted by atomic mass is 79.9. The first kappa shape index (κ1) is 22.2. The van der Waals surface area contributed by atoms with Gasteiger partial charge >= 0.3 is 5.97 Å². The van der Waals surface area contributed by atoms with Crippen LogP contribution in [0.2, 0.25) is 0 Å². The lowest BCUT2D eigenvalue weighted by Crippen LogP contribution is -2.24. The van der Waals surface area contributed by atoms with Crippen LogP contribution in [0.15, 0.2) is 76.3 Å². The number of halogens is 1. The fourth-order valence-electron chi connectivity index (χ4n) is 2.57. The minimum atomic E-state index is -0.446. The van der Waals surface area contributed by atoms with Gasteiger partial charge in [-0.15, -0.1) is 0 Å². The van der Waals surface area contributed by atoms with Gasteiger partial charge in [-0.2, -0.15) is 5.10 Å². The molecule has 31 heavy (non-hydrogen) atoms. The predicted molar refractivity (Wildman–Crippen MR) is 123 cm³/mol. The van der Waals surface area contributed by atoms with Crippen LogP contribution in [0.25, 0.3) is 0 Å². The molecule has 0 heterocycles. The Balaban J connectivity index is 1.47. The Morgan fingerprint density at radius 2 is 1.71 bits per heavy atom. The van der Waals surface area contributed by atoms with Crippen LogP contribution in [-0.2, 0) is 4.79 Å². The lowest BCUT2D eigenvalue weighted by atomic mass is 10.1. The molecule has 1 amide bonds. The zero-order valence-corrected chi connectivity index (χ0v) is 18.7. The smallest absolute Gasteiger partial charge is 0.343 e. The van der Waals surface area contributed by atoms with Crippen molar-refractivity contribution >= 4 is 34.0 Å². The Morgan fingerprint density at radius 3 is 2.42 bits per heavy atom. The Bertz CT molecular complexity index is 1110. The first-order valence-corrected chi connectivity index (χ1v) is 10.3. The molecule has 0 aliphatic rings. The summed E-state index contributed by atoms with van der Waals surface area (Å²) in [4.78, 5) is 24.1. The predicted octanol–water partition coefficient (Wildman–Crippen LogP) is 4.81. The van der Waals surface area contributed by atoms with Gasteiger partial charge < -0.3 is 9.47 Å². The molecule has 0 spiro atoms. The number of hydrazone groups is 1. The van der Waals surface area contributed by atoms with Gasteiger partial charge in [-0.3, -0.25) is 4.79 Å². The molecule has 0 radical (unpaired) electrons. The van der Waals surface area contributed by atoms with E-state index in [9.17, 15) is 9.59 Å². The quantitative estimate of drug-likeness (QED) is 0.227. The average molecular weight is 481 g/mol. The molecular formula is C24H21BrN2O4. The van der Waals surface area contributed by atoms with E-state index in [1.165, 1.54) is 6.21 Å². The molecular weight excluding hydrogens is 460 g/mol. The lowest BCUT2D eigenvalue weighted by molar-refractivity contribution is -0.123. The van der Waals surface area contributed by atoms with Crippen molar-refractivity contribution in [2.24, 2.45) is 5.10 Å². The maximum Gasteiger partial charge on any atom is 0.343 e. The number of carbonyl (C=O) groups excluding carboxylic acids is 2. The summed E-state index contributed by atoms with van der Waals surface area (Å²) in [5.41, 5.74) is 5.86. The van der Waals surface area contributed by atoms with Gasteiger partial charge in [0, 0.05) is 4.47 Å². The van der Waals surface area contributed by atoms with Crippen LogP contribution in [0.4, 0.5) is 0 Å². The third kappa shape index (κ3) is 6.79. The molecule has 1 N–H and O–H groups in total. The van der Waals surface area contributed by atoms with E-state index in [4.69, 9.17) is 9.47 Å². The van der Waals surface area contributed by atoms with Crippen LogP contribution in [0.3, 0.4) is 0 Å². The number of rotatable bonds is 7. The molecule has 0 saturated heterocycles. The number of aryl methyl sites for hydroxylation is 2. The largest absolute Gasteiger partial charge is 0.484 e. The van der Waals surface area contributed by atoms with Gasteiger partial charge in [0.1, 0.15) is 11.5 Å². The Hall–Kier alpha value is -3.45. The van der Waals surface area contributed by atoms with Crippen LogP contribution in [0.1, 0.15) is 27.0 Å². The van der Waals surface area contributed by atoms with Crippen molar-refractivity contribution < 1.29 is 19.1 Å². The van der Waals surface area contributed by atoms with Crippen molar-refractivity contribution in [2.45, 2.75) is 13.8 Å². The average Bonchev–Trinajstić information content (AvgIpc) is 2.76. The van der Waals surface area contributed by atoms with E-state index in [2.05, 4.69) is 26.5 Å². The molecule has 7 heteroatoms. The molecule has 3 aromatic rings. The third-order valence-electron chi connectivity index (χ3n) is 4.40. The summed E-state index contributed by atoms with van der Waals surface area (Å²) in [5, 5.41) is 3.92. The van der Waals surface area contributed by atoms with Gasteiger partial charge in [0.05, 0.1) is 11.8 Å². The zero-order valence-electron chi connectivity index (χ0n) is 17.1. The number of hydrogen-bond donors (Lipinski definition) is 1. The van der Waals surface area contributed by atoms with Gasteiger partial charge in [0.15, 0.2) is 6.61 Å². The molecule has 158 valence electrons. The minimum absolute atomic E-state index is 0.135. The van der Waals surface area contributed by atoms with E-state index in [1.807, 2.05) is 38.1 Å². The molecule has 0 bridgehead atoms. The van der Waals surface area contributed by atoms with Gasteiger partial charge in [0.25, 0.3) is 5.91 Å². The molecule has 3 aromatic carbocycles. The van der Waals surface area contributed by atoms with Gasteiger partial charge in [-0.05, 0) is 85.1 Å². The minimum Gasteiger partial charge on any atom is -0.484 e. The molecule has 0 aliphatic heterocycles. The molecule has 3 rings (SSSR count). The van der Waals surface area contributed by atoms with Crippen LogP contribution in [0.5, 0.6) is 11.5 Å². The summed E-state index contributed by atoms with van der Waals surface area (Å²) in [6, 6.07) is 19.4. The van der Waals surface area contributed by atoms with E-state index in [0.717, 1.165) is 21.2 Å². The second-order valence-electron chi connectivity index (χ2n) is 6.80. The summed E-state index contributed by atoms with van der Waals surface area (Å²) in [5.74, 6) is 0.232. The fraction of sp³-hybridized carbons (Fsp3) is 0.125. The molecule has 0 saturated carbocycles. The van der Waals surface area contributed by atoms with E-state index < -0.39 is 5.97 Å². The Labute approximate surface area is 189 Å². The third-order valence-corrected chi connectivity index (χ3v) is 4.90. The summed E-state index contributed by atoms with van der Waals surface area (Å²) < 4.78 is 11.6. The SMILES string of the molecule is Cc1ccc(OCC(=O)NN=Cc2ccc(OC(=O)c3cccc(Br)c3)cc2)cc1C. The summed E-state index contributed by atoms with van der Waals surface area (Å²) in [6.07, 6.45) is 1.49. The van der Waals surface area contributed by atoms with E-state index >= 15 is 0 Å². The van der Waals surface area contributed by atoms with Gasteiger partial charge in [-0.1, -0.05) is 28.1 Å². The number of carbonyl (C=O) groups is 2. The highest BCUT2D eigenvalue weighted by Crippen LogP contribution is 2.17. The second kappa shape index (κ2) is 10.5. The number of nitrogens with zero attached hydrogens (tertiary/aromatic N) is 1. The normalized spacial score (nSPS) is 10.7. The number of ether oxygens (including phenoxy) is 2. The van der Waals surface area contributed by atoms with Gasteiger partial charge in [-0.25, -0.2) is 10.2 Å². The summed E-state index contributed by atoms with van der Waals surface area (Å²) in [7, 11) is 0. The van der Waals surface area contributed by atoms with E-state index in [-0.39, 0.29) is 12.5 Å². The molecule has 0 fully saturated rings. The lowest BCUT2D eigenvalue weighted by Gasteiger charge is -2.07. The van der Waals surface area contributed by atoms with Crippen molar-refractivity contribution in [2.75, 3.05) is 6.61 Å². The maximum atomic E-state index is 12.2. The number of hydrogen-bond acceptors (Lipinski definition) is 5. The van der Waals surface area contributed by atoms with Crippen LogP contribution in [0, 0.1) is 13.8 Å². The number of benzene rings is 3. The number of esters is 1. The molecule has 0 aliphatic carbocycles. The first-order valence-electron chi connectivity index (χ1n) is 9.50. The molecule has 0 unspecified atom stereocenters. The molecule has 0 aromatic heterocycles. The summed E-state index contributed by atoms with van der Waals surface area (Å²) >= 11 is 3.33. The maximum absolute atomic E-state index is 12.2. The van der Waals surface area contributed by atoms with Gasteiger partial charge in [0.2, 0.25) is 0 Å². The van der Waals surface area contributed by atoms with E-state index in [0.29, 0.717) is 17.1 Å². The molecule has 6 nitrogen and oxygen atoms in total. The fourth-order valence-corrected chi connectivity index (χ4v) is 2.97. The topological polar surface area (TPSA) is 77.0 Å². The summed E-state index contributed by atoms with van der Waals surface area (Å²) in [6.45, 7) is 3.86. The van der Waals surface area contributed by atoms with E-state index in [1.54, 1.807) is 42.5 Å². The van der Waals surface area contributed by atoms with Crippen molar-refractivity contribution in [1.82, 2.24) is 5.43 Å². The zero-order chi connectivity index (χ0) is 22.2. The van der Waals surface area contributed by atoms with Crippen molar-refractivity contribution in [1.29, 1.82) is 0 Å². The Kier molecular flexibility index (Phi) is 7.56. The van der Waals surface area contributed by atoms with Crippen LogP contribution in [-0.4, -0.2) is 24.7 Å². The van der Waals surface area contributed by atoms with Crippen LogP contribution < -0.4 is 14.9 Å². The second-order valence-corrected chi connectivity index (χ2v) is 7.71. The van der Waals surface area contributed by atoms with Crippen LogP contribution >= 0.6 is 15.9 Å². The Morgan fingerprint density at radius 1 is 0.968 bits per heavy atom. The highest BCUT2D eigenvalue weighted by molar-refractivity contribution is 9.10. The van der Waals surface area contributed by atoms with Crippen molar-refractivity contribution in [3.63, 3.8) is 0 Å². The number of nitrogens with one attached hydrogen (secondary N) is 1. The van der Waals surface area contributed by atoms with Crippen molar-refractivity contribution in [3.05, 3.63) is 93.5 Å². The monoisotopic (exact) mass is 480 g/mol. The molecule has 0 atom stereocenters. The van der Waals surface area contributed by atoms with Crippen molar-refractivity contribution in [3.8, 4) is 11.5 Å². The first-order chi connectivity index (χ1) is 14.9. The number of amides is 1.